The number of hydrogen-bond donors (Lipinski definition) is 1. The van der Waals surface area contributed by atoms with E-state index in [1.54, 1.807) is 24.3 Å². The molecule has 9 heteroatoms. The molecule has 2 aromatic carbocycles. The van der Waals surface area contributed by atoms with Crippen LogP contribution in [0.3, 0.4) is 0 Å². The summed E-state index contributed by atoms with van der Waals surface area (Å²) in [6.45, 7) is -0.0634. The molecular formula is C14H13ClN2O5S. The fourth-order valence-electron chi connectivity index (χ4n) is 1.96. The van der Waals surface area contributed by atoms with Gasteiger partial charge in [-0.15, -0.1) is 0 Å². The Balaban J connectivity index is 2.31. The molecule has 0 aliphatic carbocycles. The molecule has 0 fully saturated rings. The first-order chi connectivity index (χ1) is 10.8. The Bertz CT molecular complexity index is 839. The lowest BCUT2D eigenvalue weighted by Gasteiger charge is -2.10. The predicted octanol–water partition coefficient (Wildman–Crippen LogP) is 2.74. The molecule has 0 heterocycles. The van der Waals surface area contributed by atoms with Crippen LogP contribution in [0.15, 0.2) is 47.4 Å². The van der Waals surface area contributed by atoms with Gasteiger partial charge in [0, 0.05) is 23.2 Å². The Morgan fingerprint density at radius 1 is 1.26 bits per heavy atom. The molecule has 0 bridgehead atoms. The molecule has 1 N–H and O–H groups in total. The van der Waals surface area contributed by atoms with E-state index >= 15 is 0 Å². The highest BCUT2D eigenvalue weighted by Crippen LogP contribution is 2.27. The molecule has 7 nitrogen and oxygen atoms in total. The molecule has 122 valence electrons. The van der Waals surface area contributed by atoms with Crippen LogP contribution in [0.5, 0.6) is 5.75 Å². The quantitative estimate of drug-likeness (QED) is 0.633. The first-order valence-electron chi connectivity index (χ1n) is 6.40. The van der Waals surface area contributed by atoms with Crippen molar-refractivity contribution < 1.29 is 18.1 Å². The highest BCUT2D eigenvalue weighted by molar-refractivity contribution is 7.89. The summed E-state index contributed by atoms with van der Waals surface area (Å²) in [6.07, 6.45) is 0. The Kier molecular flexibility index (Phi) is 5.19. The first-order valence-corrected chi connectivity index (χ1v) is 8.27. The SMILES string of the molecule is COc1ccccc1CNS(=O)(=O)c1ccc(Cl)cc1[N+](=O)[O-]. The van der Waals surface area contributed by atoms with E-state index in [4.69, 9.17) is 16.3 Å². The lowest BCUT2D eigenvalue weighted by atomic mass is 10.2. The first kappa shape index (κ1) is 17.2. The van der Waals surface area contributed by atoms with Crippen molar-refractivity contribution in [1.29, 1.82) is 0 Å². The highest BCUT2D eigenvalue weighted by atomic mass is 35.5. The Hall–Kier alpha value is -2.16. The minimum Gasteiger partial charge on any atom is -0.496 e. The zero-order valence-electron chi connectivity index (χ0n) is 12.0. The molecular weight excluding hydrogens is 344 g/mol. The molecule has 0 unspecified atom stereocenters. The normalized spacial score (nSPS) is 11.2. The van der Waals surface area contributed by atoms with Gasteiger partial charge in [-0.2, -0.15) is 0 Å². The van der Waals surface area contributed by atoms with Gasteiger partial charge in [-0.05, 0) is 18.2 Å². The number of para-hydroxylation sites is 1. The molecule has 0 aliphatic heterocycles. The number of methoxy groups -OCH3 is 1. The summed E-state index contributed by atoms with van der Waals surface area (Å²) in [5, 5.41) is 11.1. The Labute approximate surface area is 138 Å². The van der Waals surface area contributed by atoms with Gasteiger partial charge in [-0.25, -0.2) is 13.1 Å². The van der Waals surface area contributed by atoms with Crippen LogP contribution in [0.25, 0.3) is 0 Å². The third-order valence-electron chi connectivity index (χ3n) is 3.05. The van der Waals surface area contributed by atoms with E-state index < -0.39 is 25.5 Å². The molecule has 0 radical (unpaired) electrons. The van der Waals surface area contributed by atoms with Gasteiger partial charge in [-0.1, -0.05) is 29.8 Å². The van der Waals surface area contributed by atoms with Crippen molar-refractivity contribution in [3.8, 4) is 5.75 Å². The van der Waals surface area contributed by atoms with Gasteiger partial charge < -0.3 is 4.74 Å². The zero-order valence-corrected chi connectivity index (χ0v) is 13.6. The number of ether oxygens (including phenoxy) is 1. The molecule has 23 heavy (non-hydrogen) atoms. The van der Waals surface area contributed by atoms with E-state index in [0.29, 0.717) is 11.3 Å². The van der Waals surface area contributed by atoms with Crippen LogP contribution in [-0.4, -0.2) is 20.5 Å². The summed E-state index contributed by atoms with van der Waals surface area (Å²) in [4.78, 5) is 9.80. The maximum Gasteiger partial charge on any atom is 0.290 e. The average molecular weight is 357 g/mol. The number of nitrogens with one attached hydrogen (secondary N) is 1. The van der Waals surface area contributed by atoms with Gasteiger partial charge >= 0.3 is 0 Å². The third-order valence-corrected chi connectivity index (χ3v) is 4.74. The van der Waals surface area contributed by atoms with Gasteiger partial charge in [0.05, 0.1) is 12.0 Å². The fourth-order valence-corrected chi connectivity index (χ4v) is 3.28. The number of halogens is 1. The molecule has 0 saturated carbocycles. The van der Waals surface area contributed by atoms with E-state index in [2.05, 4.69) is 4.72 Å². The second-order valence-corrected chi connectivity index (χ2v) is 6.68. The molecule has 0 atom stereocenters. The molecule has 0 spiro atoms. The smallest absolute Gasteiger partial charge is 0.290 e. The summed E-state index contributed by atoms with van der Waals surface area (Å²) in [5.41, 5.74) is 0.0280. The van der Waals surface area contributed by atoms with Crippen molar-refractivity contribution in [3.63, 3.8) is 0 Å². The zero-order chi connectivity index (χ0) is 17.0. The summed E-state index contributed by atoms with van der Waals surface area (Å²) < 4.78 is 32.1. The Morgan fingerprint density at radius 2 is 1.96 bits per heavy atom. The van der Waals surface area contributed by atoms with Crippen LogP contribution in [-0.2, 0) is 16.6 Å². The van der Waals surface area contributed by atoms with Gasteiger partial charge in [0.15, 0.2) is 4.90 Å². The van der Waals surface area contributed by atoms with Crippen molar-refractivity contribution >= 4 is 27.3 Å². The number of rotatable bonds is 6. The minimum absolute atomic E-state index is 0.0634. The lowest BCUT2D eigenvalue weighted by molar-refractivity contribution is -0.387. The maximum atomic E-state index is 12.3. The number of hydrogen-bond acceptors (Lipinski definition) is 5. The molecule has 2 aromatic rings. The molecule has 0 aliphatic rings. The number of nitrogens with zero attached hydrogens (tertiary/aromatic N) is 1. The molecule has 2 rings (SSSR count). The second-order valence-electron chi connectivity index (χ2n) is 4.51. The molecule has 0 amide bonds. The standard InChI is InChI=1S/C14H13ClN2O5S/c1-22-13-5-3-2-4-10(13)9-16-23(20,21)14-7-6-11(15)8-12(14)17(18)19/h2-8,16H,9H2,1H3. The molecule has 0 saturated heterocycles. The maximum absolute atomic E-state index is 12.3. The van der Waals surface area contributed by atoms with Gasteiger partial charge in [-0.3, -0.25) is 10.1 Å². The van der Waals surface area contributed by atoms with Gasteiger partial charge in [0.25, 0.3) is 5.69 Å². The number of nitro groups is 1. The summed E-state index contributed by atoms with van der Waals surface area (Å²) in [5.74, 6) is 0.515. The van der Waals surface area contributed by atoms with Crippen LogP contribution in [0, 0.1) is 10.1 Å². The van der Waals surface area contributed by atoms with E-state index in [0.717, 1.165) is 12.1 Å². The average Bonchev–Trinajstić information content (AvgIpc) is 2.52. The van der Waals surface area contributed by atoms with Crippen molar-refractivity contribution in [2.45, 2.75) is 11.4 Å². The van der Waals surface area contributed by atoms with Crippen LogP contribution in [0.2, 0.25) is 5.02 Å². The number of sulfonamides is 1. The second kappa shape index (κ2) is 6.95. The monoisotopic (exact) mass is 356 g/mol. The van der Waals surface area contributed by atoms with E-state index in [9.17, 15) is 18.5 Å². The predicted molar refractivity (Wildman–Crippen MR) is 85.1 cm³/mol. The topological polar surface area (TPSA) is 98.5 Å². The third kappa shape index (κ3) is 3.98. The van der Waals surface area contributed by atoms with Crippen LogP contribution in [0.1, 0.15) is 5.56 Å². The largest absolute Gasteiger partial charge is 0.496 e. The highest BCUT2D eigenvalue weighted by Gasteiger charge is 2.26. The van der Waals surface area contributed by atoms with Crippen molar-refractivity contribution in [2.75, 3.05) is 7.11 Å². The number of nitro benzene ring substituents is 1. The summed E-state index contributed by atoms with van der Waals surface area (Å²) in [6, 6.07) is 10.3. The van der Waals surface area contributed by atoms with Crippen LogP contribution >= 0.6 is 11.6 Å². The fraction of sp³-hybridized carbons (Fsp3) is 0.143. The van der Waals surface area contributed by atoms with E-state index in [1.807, 2.05) is 0 Å². The van der Waals surface area contributed by atoms with Gasteiger partial charge in [0.2, 0.25) is 10.0 Å². The van der Waals surface area contributed by atoms with Crippen molar-refractivity contribution in [2.24, 2.45) is 0 Å². The number of benzene rings is 2. The summed E-state index contributed by atoms with van der Waals surface area (Å²) >= 11 is 5.69. The molecule has 0 aromatic heterocycles. The minimum atomic E-state index is -4.08. The summed E-state index contributed by atoms with van der Waals surface area (Å²) in [7, 11) is -2.61. The Morgan fingerprint density at radius 3 is 2.61 bits per heavy atom. The lowest BCUT2D eigenvalue weighted by Crippen LogP contribution is -2.24. The van der Waals surface area contributed by atoms with E-state index in [-0.39, 0.29) is 11.6 Å². The van der Waals surface area contributed by atoms with Crippen molar-refractivity contribution in [3.05, 3.63) is 63.2 Å². The van der Waals surface area contributed by atoms with Crippen LogP contribution < -0.4 is 9.46 Å². The van der Waals surface area contributed by atoms with Gasteiger partial charge in [0.1, 0.15) is 5.75 Å². The van der Waals surface area contributed by atoms with Crippen molar-refractivity contribution in [1.82, 2.24) is 4.72 Å². The van der Waals surface area contributed by atoms with Crippen LogP contribution in [0.4, 0.5) is 5.69 Å². The van der Waals surface area contributed by atoms with E-state index in [1.165, 1.54) is 13.2 Å².